The average molecular weight is 194 g/mol. The molecule has 2 heteroatoms. The highest BCUT2D eigenvalue weighted by Crippen LogP contribution is 2.10. The van der Waals surface area contributed by atoms with E-state index in [1.54, 1.807) is 0 Å². The maximum absolute atomic E-state index is 5.16. The lowest BCUT2D eigenvalue weighted by Crippen LogP contribution is -2.19. The van der Waals surface area contributed by atoms with Gasteiger partial charge in [-0.25, -0.2) is 9.78 Å². The van der Waals surface area contributed by atoms with E-state index in [0.717, 1.165) is 5.56 Å². The average Bonchev–Trinajstić information content (AvgIpc) is 2.06. The highest BCUT2D eigenvalue weighted by Gasteiger charge is 2.10. The van der Waals surface area contributed by atoms with Crippen molar-refractivity contribution in [3.63, 3.8) is 0 Å². The molecule has 78 valence electrons. The first-order chi connectivity index (χ1) is 6.47. The maximum Gasteiger partial charge on any atom is 0.107 e. The molecule has 0 aliphatic heterocycles. The van der Waals surface area contributed by atoms with Crippen LogP contribution in [-0.2, 0) is 16.4 Å². The molecule has 0 aliphatic rings. The molecule has 0 spiro atoms. The van der Waals surface area contributed by atoms with Gasteiger partial charge in [-0.15, -0.1) is 0 Å². The second-order valence-electron chi connectivity index (χ2n) is 4.44. The molecule has 0 bridgehead atoms. The zero-order valence-corrected chi connectivity index (χ0v) is 9.33. The summed E-state index contributed by atoms with van der Waals surface area (Å²) in [5, 5.41) is 0. The SMILES string of the molecule is Cc1ccc(COOC(C)(C)C)cc1. The minimum atomic E-state index is -0.245. The van der Waals surface area contributed by atoms with Crippen molar-refractivity contribution < 1.29 is 9.78 Å². The van der Waals surface area contributed by atoms with E-state index in [0.29, 0.717) is 6.61 Å². The quantitative estimate of drug-likeness (QED) is 0.543. The molecule has 0 unspecified atom stereocenters. The van der Waals surface area contributed by atoms with Gasteiger partial charge < -0.3 is 0 Å². The molecule has 0 radical (unpaired) electrons. The van der Waals surface area contributed by atoms with Gasteiger partial charge in [0.05, 0.1) is 5.60 Å². The lowest BCUT2D eigenvalue weighted by molar-refractivity contribution is -0.356. The van der Waals surface area contributed by atoms with E-state index >= 15 is 0 Å². The first-order valence-electron chi connectivity index (χ1n) is 4.83. The molecule has 1 aromatic rings. The van der Waals surface area contributed by atoms with Gasteiger partial charge in [0.2, 0.25) is 0 Å². The fourth-order valence-electron chi connectivity index (χ4n) is 0.959. The molecule has 0 aliphatic carbocycles. The molecule has 0 atom stereocenters. The van der Waals surface area contributed by atoms with E-state index in [1.807, 2.05) is 32.9 Å². The van der Waals surface area contributed by atoms with Gasteiger partial charge in [0.15, 0.2) is 0 Å². The van der Waals surface area contributed by atoms with Gasteiger partial charge in [0, 0.05) is 0 Å². The Morgan fingerprint density at radius 3 is 2.14 bits per heavy atom. The molecule has 0 heterocycles. The third-order valence-corrected chi connectivity index (χ3v) is 1.66. The molecular formula is C12H18O2. The van der Waals surface area contributed by atoms with Crippen molar-refractivity contribution >= 4 is 0 Å². The number of hydrogen-bond donors (Lipinski definition) is 0. The monoisotopic (exact) mass is 194 g/mol. The number of hydrogen-bond acceptors (Lipinski definition) is 2. The Labute approximate surface area is 85.8 Å². The minimum absolute atomic E-state index is 0.245. The van der Waals surface area contributed by atoms with Crippen molar-refractivity contribution in [1.29, 1.82) is 0 Å². The third kappa shape index (κ3) is 4.40. The predicted octanol–water partition coefficient (Wildman–Crippen LogP) is 3.24. The van der Waals surface area contributed by atoms with Crippen LogP contribution in [0.5, 0.6) is 0 Å². The number of benzene rings is 1. The Balaban J connectivity index is 2.35. The zero-order chi connectivity index (χ0) is 10.6. The normalized spacial score (nSPS) is 11.7. The summed E-state index contributed by atoms with van der Waals surface area (Å²) in [6.45, 7) is 8.44. The Morgan fingerprint density at radius 1 is 1.07 bits per heavy atom. The van der Waals surface area contributed by atoms with Crippen LogP contribution in [0.25, 0.3) is 0 Å². The largest absolute Gasteiger partial charge is 0.231 e. The van der Waals surface area contributed by atoms with Crippen LogP contribution < -0.4 is 0 Å². The van der Waals surface area contributed by atoms with Crippen molar-refractivity contribution in [3.05, 3.63) is 35.4 Å². The maximum atomic E-state index is 5.16. The van der Waals surface area contributed by atoms with E-state index < -0.39 is 0 Å². The minimum Gasteiger partial charge on any atom is -0.231 e. The summed E-state index contributed by atoms with van der Waals surface area (Å²) in [7, 11) is 0. The molecule has 1 rings (SSSR count). The van der Waals surface area contributed by atoms with Crippen molar-refractivity contribution in [1.82, 2.24) is 0 Å². The van der Waals surface area contributed by atoms with Gasteiger partial charge in [0.25, 0.3) is 0 Å². The standard InChI is InChI=1S/C12H18O2/c1-10-5-7-11(8-6-10)9-13-14-12(2,3)4/h5-8H,9H2,1-4H3. The van der Waals surface area contributed by atoms with Crippen LogP contribution in [0.4, 0.5) is 0 Å². The number of aryl methyl sites for hydroxylation is 1. The molecule has 0 saturated heterocycles. The fraction of sp³-hybridized carbons (Fsp3) is 0.500. The summed E-state index contributed by atoms with van der Waals surface area (Å²) in [5.74, 6) is 0. The Kier molecular flexibility index (Phi) is 3.67. The van der Waals surface area contributed by atoms with Crippen LogP contribution in [0.3, 0.4) is 0 Å². The fourth-order valence-corrected chi connectivity index (χ4v) is 0.959. The molecule has 0 amide bonds. The van der Waals surface area contributed by atoms with Crippen LogP contribution >= 0.6 is 0 Å². The van der Waals surface area contributed by atoms with Crippen LogP contribution in [0, 0.1) is 6.92 Å². The first-order valence-corrected chi connectivity index (χ1v) is 4.83. The first kappa shape index (κ1) is 11.2. The Hall–Kier alpha value is -0.860. The van der Waals surface area contributed by atoms with Crippen LogP contribution in [0.15, 0.2) is 24.3 Å². The van der Waals surface area contributed by atoms with Gasteiger partial charge >= 0.3 is 0 Å². The van der Waals surface area contributed by atoms with Gasteiger partial charge in [-0.3, -0.25) is 0 Å². The summed E-state index contributed by atoms with van der Waals surface area (Å²) >= 11 is 0. The lowest BCUT2D eigenvalue weighted by Gasteiger charge is -2.17. The van der Waals surface area contributed by atoms with Crippen molar-refractivity contribution in [2.45, 2.75) is 39.9 Å². The summed E-state index contributed by atoms with van der Waals surface area (Å²) in [5.41, 5.74) is 2.13. The summed E-state index contributed by atoms with van der Waals surface area (Å²) in [6, 6.07) is 8.22. The molecule has 2 nitrogen and oxygen atoms in total. The van der Waals surface area contributed by atoms with Crippen molar-refractivity contribution in [2.24, 2.45) is 0 Å². The zero-order valence-electron chi connectivity index (χ0n) is 9.33. The van der Waals surface area contributed by atoms with Gasteiger partial charge in [0.1, 0.15) is 6.61 Å². The third-order valence-electron chi connectivity index (χ3n) is 1.66. The second kappa shape index (κ2) is 4.58. The summed E-state index contributed by atoms with van der Waals surface area (Å²) < 4.78 is 0. The molecular weight excluding hydrogens is 176 g/mol. The molecule has 14 heavy (non-hydrogen) atoms. The predicted molar refractivity (Wildman–Crippen MR) is 56.8 cm³/mol. The summed E-state index contributed by atoms with van der Waals surface area (Å²) in [6.07, 6.45) is 0. The van der Waals surface area contributed by atoms with Crippen LogP contribution in [-0.4, -0.2) is 5.60 Å². The van der Waals surface area contributed by atoms with E-state index in [1.165, 1.54) is 5.56 Å². The molecule has 0 fully saturated rings. The van der Waals surface area contributed by atoms with Crippen LogP contribution in [0.1, 0.15) is 31.9 Å². The van der Waals surface area contributed by atoms with E-state index in [2.05, 4.69) is 19.1 Å². The van der Waals surface area contributed by atoms with Gasteiger partial charge in [-0.1, -0.05) is 29.8 Å². The number of rotatable bonds is 3. The van der Waals surface area contributed by atoms with E-state index in [4.69, 9.17) is 9.78 Å². The highest BCUT2D eigenvalue weighted by molar-refractivity contribution is 5.20. The molecule has 0 saturated carbocycles. The molecule has 0 N–H and O–H groups in total. The van der Waals surface area contributed by atoms with Crippen molar-refractivity contribution in [3.8, 4) is 0 Å². The smallest absolute Gasteiger partial charge is 0.107 e. The van der Waals surface area contributed by atoms with Crippen LogP contribution in [0.2, 0.25) is 0 Å². The Morgan fingerprint density at radius 2 is 1.64 bits per heavy atom. The van der Waals surface area contributed by atoms with Crippen molar-refractivity contribution in [2.75, 3.05) is 0 Å². The second-order valence-corrected chi connectivity index (χ2v) is 4.44. The van der Waals surface area contributed by atoms with E-state index in [-0.39, 0.29) is 5.60 Å². The lowest BCUT2D eigenvalue weighted by atomic mass is 10.2. The summed E-state index contributed by atoms with van der Waals surface area (Å²) in [4.78, 5) is 10.3. The van der Waals surface area contributed by atoms with Gasteiger partial charge in [-0.2, -0.15) is 0 Å². The van der Waals surface area contributed by atoms with Gasteiger partial charge in [-0.05, 0) is 33.3 Å². The topological polar surface area (TPSA) is 18.5 Å². The molecule has 0 aromatic heterocycles. The highest BCUT2D eigenvalue weighted by atomic mass is 17.2. The Bertz CT molecular complexity index is 269. The molecule has 1 aromatic carbocycles. The van der Waals surface area contributed by atoms with E-state index in [9.17, 15) is 0 Å².